The van der Waals surface area contributed by atoms with Gasteiger partial charge in [-0.3, -0.25) is 4.79 Å². The molecule has 0 fully saturated rings. The van der Waals surface area contributed by atoms with Crippen LogP contribution in [0.15, 0.2) is 97.1 Å². The lowest BCUT2D eigenvalue weighted by atomic mass is 9.58. The first-order valence-corrected chi connectivity index (χ1v) is 15.2. The van der Waals surface area contributed by atoms with Crippen LogP contribution in [-0.2, 0) is 4.79 Å². The van der Waals surface area contributed by atoms with Crippen LogP contribution in [0.2, 0.25) is 0 Å². The molecule has 0 spiro atoms. The van der Waals surface area contributed by atoms with Crippen LogP contribution in [0.3, 0.4) is 0 Å². The van der Waals surface area contributed by atoms with Gasteiger partial charge in [0.05, 0.1) is 11.8 Å². The Labute approximate surface area is 244 Å². The average molecular weight is 535 g/mol. The summed E-state index contributed by atoms with van der Waals surface area (Å²) in [5.41, 5.74) is 21.4. The molecule has 0 aromatic heterocycles. The highest BCUT2D eigenvalue weighted by Crippen LogP contribution is 2.67. The first-order chi connectivity index (χ1) is 20.7. The van der Waals surface area contributed by atoms with Crippen LogP contribution in [0.25, 0.3) is 33.0 Å². The summed E-state index contributed by atoms with van der Waals surface area (Å²) in [6, 6.07) is 35.6. The van der Waals surface area contributed by atoms with Crippen molar-refractivity contribution in [1.29, 1.82) is 0 Å². The minimum Gasteiger partial charge on any atom is -0.298 e. The summed E-state index contributed by atoms with van der Waals surface area (Å²) in [6.07, 6.45) is 0. The number of hydrogen-bond donors (Lipinski definition) is 0. The van der Waals surface area contributed by atoms with Crippen LogP contribution in [0.4, 0.5) is 0 Å². The summed E-state index contributed by atoms with van der Waals surface area (Å²) in [6.45, 7) is 4.71. The van der Waals surface area contributed by atoms with Gasteiger partial charge in [0.1, 0.15) is 0 Å². The largest absolute Gasteiger partial charge is 0.298 e. The molecule has 196 valence electrons. The standard InChI is InChI=1S/C41H26O/c1-19-29-20(2)31-22-12-4-6-14-24(22)33-26-16-8-10-18-28(26)35-40(38(31)33)36(29)39-34(41(35)42)27-17-9-7-15-25(27)32-23-13-5-3-11-21(23)30(19)37(32)39/h3-18,32-35H,1-2H3. The third-order valence-electron chi connectivity index (χ3n) is 11.4. The maximum atomic E-state index is 15.3. The SMILES string of the molecule is Cc1c2c3c4c5c6c7c(c(C)c15)-c1ccccc1C7c1ccccc1C6C(=O)C4c1ccccc1C3c1ccccc1-2. The van der Waals surface area contributed by atoms with Gasteiger partial charge < -0.3 is 0 Å². The van der Waals surface area contributed by atoms with Gasteiger partial charge in [-0.15, -0.1) is 0 Å². The van der Waals surface area contributed by atoms with Crippen molar-refractivity contribution in [3.8, 4) is 22.3 Å². The van der Waals surface area contributed by atoms with Crippen LogP contribution in [-0.4, -0.2) is 5.78 Å². The van der Waals surface area contributed by atoms with Crippen molar-refractivity contribution in [2.24, 2.45) is 0 Å². The number of hydrogen-bond acceptors (Lipinski definition) is 1. The molecule has 0 amide bonds. The predicted octanol–water partition coefficient (Wildman–Crippen LogP) is 9.25. The fraction of sp³-hybridized carbons (Fsp3) is 0.146. The highest BCUT2D eigenvalue weighted by atomic mass is 16.1. The van der Waals surface area contributed by atoms with E-state index in [-0.39, 0.29) is 23.7 Å². The van der Waals surface area contributed by atoms with Gasteiger partial charge in [0, 0.05) is 11.8 Å². The predicted molar refractivity (Wildman–Crippen MR) is 168 cm³/mol. The molecule has 6 aromatic carbocycles. The van der Waals surface area contributed by atoms with E-state index in [1.165, 1.54) is 99.8 Å². The Morgan fingerprint density at radius 3 is 1.19 bits per heavy atom. The molecule has 1 heteroatoms. The second-order valence-electron chi connectivity index (χ2n) is 13.0. The van der Waals surface area contributed by atoms with E-state index < -0.39 is 0 Å². The van der Waals surface area contributed by atoms with E-state index in [0.29, 0.717) is 5.78 Å². The molecule has 0 radical (unpaired) electrons. The zero-order valence-electron chi connectivity index (χ0n) is 23.5. The van der Waals surface area contributed by atoms with Crippen molar-refractivity contribution in [3.63, 3.8) is 0 Å². The minimum absolute atomic E-state index is 0.177. The minimum atomic E-state index is -0.244. The number of benzene rings is 6. The van der Waals surface area contributed by atoms with Gasteiger partial charge in [-0.25, -0.2) is 0 Å². The van der Waals surface area contributed by atoms with Crippen LogP contribution >= 0.6 is 0 Å². The first kappa shape index (κ1) is 21.9. The molecular weight excluding hydrogens is 508 g/mol. The Morgan fingerprint density at radius 1 is 0.405 bits per heavy atom. The highest BCUT2D eigenvalue weighted by Gasteiger charge is 2.53. The quantitative estimate of drug-likeness (QED) is 0.189. The van der Waals surface area contributed by atoms with Gasteiger partial charge in [-0.1, -0.05) is 97.1 Å². The van der Waals surface area contributed by atoms with Crippen molar-refractivity contribution in [3.05, 3.63) is 164 Å². The van der Waals surface area contributed by atoms with Gasteiger partial charge in [0.2, 0.25) is 0 Å². The summed E-state index contributed by atoms with van der Waals surface area (Å²) < 4.78 is 0. The summed E-state index contributed by atoms with van der Waals surface area (Å²) in [4.78, 5) is 15.3. The maximum absolute atomic E-state index is 15.3. The van der Waals surface area contributed by atoms with Crippen LogP contribution in [0, 0.1) is 13.8 Å². The summed E-state index contributed by atoms with van der Waals surface area (Å²) in [7, 11) is 0. The van der Waals surface area contributed by atoms with E-state index in [2.05, 4.69) is 111 Å². The second-order valence-corrected chi connectivity index (χ2v) is 13.0. The Bertz CT molecular complexity index is 2160. The molecule has 42 heavy (non-hydrogen) atoms. The molecule has 4 atom stereocenters. The maximum Gasteiger partial charge on any atom is 0.156 e. The average Bonchev–Trinajstić information content (AvgIpc) is 3.56. The van der Waals surface area contributed by atoms with Crippen molar-refractivity contribution in [2.75, 3.05) is 0 Å². The third-order valence-corrected chi connectivity index (χ3v) is 11.4. The lowest BCUT2D eigenvalue weighted by molar-refractivity contribution is -0.120. The van der Waals surface area contributed by atoms with Gasteiger partial charge in [0.25, 0.3) is 0 Å². The summed E-state index contributed by atoms with van der Waals surface area (Å²) in [5, 5.41) is 2.77. The molecule has 5 aliphatic carbocycles. The molecule has 11 rings (SSSR count). The molecule has 0 bridgehead atoms. The number of carbonyl (C=O) groups excluding carboxylic acids is 1. The van der Waals surface area contributed by atoms with E-state index in [0.717, 1.165) is 0 Å². The van der Waals surface area contributed by atoms with Gasteiger partial charge in [-0.05, 0) is 114 Å². The summed E-state index contributed by atoms with van der Waals surface area (Å²) >= 11 is 0. The number of ketones is 1. The van der Waals surface area contributed by atoms with Crippen LogP contribution in [0.1, 0.15) is 90.4 Å². The normalized spacial score (nSPS) is 22.1. The molecule has 0 saturated heterocycles. The molecule has 5 aliphatic rings. The van der Waals surface area contributed by atoms with Gasteiger partial charge >= 0.3 is 0 Å². The first-order valence-electron chi connectivity index (χ1n) is 15.2. The van der Waals surface area contributed by atoms with E-state index in [4.69, 9.17) is 0 Å². The van der Waals surface area contributed by atoms with E-state index in [1.54, 1.807) is 0 Å². The third kappa shape index (κ3) is 2.13. The van der Waals surface area contributed by atoms with Crippen molar-refractivity contribution >= 4 is 16.6 Å². The molecular formula is C41H26O. The molecule has 0 heterocycles. The Morgan fingerprint density at radius 2 is 0.762 bits per heavy atom. The van der Waals surface area contributed by atoms with Crippen molar-refractivity contribution in [2.45, 2.75) is 37.5 Å². The lowest BCUT2D eigenvalue weighted by Gasteiger charge is -2.43. The van der Waals surface area contributed by atoms with Gasteiger partial charge in [0.15, 0.2) is 5.78 Å². The molecule has 1 nitrogen and oxygen atoms in total. The molecule has 6 aromatic rings. The highest BCUT2D eigenvalue weighted by molar-refractivity contribution is 6.17. The molecule has 4 unspecified atom stereocenters. The van der Waals surface area contributed by atoms with E-state index >= 15 is 4.79 Å². The zero-order valence-corrected chi connectivity index (χ0v) is 23.5. The van der Waals surface area contributed by atoms with Crippen LogP contribution < -0.4 is 0 Å². The molecule has 0 N–H and O–H groups in total. The second kappa shape index (κ2) is 6.99. The van der Waals surface area contributed by atoms with E-state index in [1.807, 2.05) is 0 Å². The zero-order chi connectivity index (χ0) is 27.6. The fourth-order valence-corrected chi connectivity index (χ4v) is 10.2. The Hall–Kier alpha value is -4.75. The number of carbonyl (C=O) groups is 1. The molecule has 0 saturated carbocycles. The van der Waals surface area contributed by atoms with Gasteiger partial charge in [-0.2, -0.15) is 0 Å². The van der Waals surface area contributed by atoms with Crippen molar-refractivity contribution < 1.29 is 4.79 Å². The number of rotatable bonds is 0. The van der Waals surface area contributed by atoms with Crippen molar-refractivity contribution in [1.82, 2.24) is 0 Å². The number of fused-ring (bicyclic) bond motifs is 12. The topological polar surface area (TPSA) is 17.1 Å². The number of aryl methyl sites for hydroxylation is 2. The monoisotopic (exact) mass is 534 g/mol. The Kier molecular flexibility index (Phi) is 3.65. The fourth-order valence-electron chi connectivity index (χ4n) is 10.2. The summed E-state index contributed by atoms with van der Waals surface area (Å²) in [5.74, 6) is 0.218. The lowest BCUT2D eigenvalue weighted by Crippen LogP contribution is -2.35. The smallest absolute Gasteiger partial charge is 0.156 e. The number of Topliss-reactive ketones (excluding diaryl/α,β-unsaturated/α-hetero) is 1. The Balaban J connectivity index is 1.44. The van der Waals surface area contributed by atoms with E-state index in [9.17, 15) is 0 Å². The molecule has 0 aliphatic heterocycles. The van der Waals surface area contributed by atoms with Crippen LogP contribution in [0.5, 0.6) is 0 Å².